The van der Waals surface area contributed by atoms with Crippen LogP contribution in [0.1, 0.15) is 101 Å². The highest BCUT2D eigenvalue weighted by Crippen LogP contribution is 2.26. The molecule has 0 aliphatic heterocycles. The summed E-state index contributed by atoms with van der Waals surface area (Å²) in [5.41, 5.74) is 0. The SMILES string of the molecule is CCC(C)OC(OC(C)CC)[SiH2]CC[Si](OC(C)CC)(OC(C)CC)OC(C)CC. The maximum atomic E-state index is 6.55. The van der Waals surface area contributed by atoms with Gasteiger partial charge in [-0.2, -0.15) is 0 Å². The van der Waals surface area contributed by atoms with E-state index in [4.69, 9.17) is 22.8 Å². The summed E-state index contributed by atoms with van der Waals surface area (Å²) < 4.78 is 32.1. The van der Waals surface area contributed by atoms with Gasteiger partial charge in [0.05, 0.1) is 21.7 Å². The lowest BCUT2D eigenvalue weighted by Crippen LogP contribution is -2.51. The molecule has 0 spiro atoms. The summed E-state index contributed by atoms with van der Waals surface area (Å²) in [6.07, 6.45) is 5.71. The van der Waals surface area contributed by atoms with Gasteiger partial charge in [-0.3, -0.25) is 0 Å². The Bertz CT molecular complexity index is 370. The topological polar surface area (TPSA) is 46.2 Å². The Morgan fingerprint density at radius 1 is 0.567 bits per heavy atom. The van der Waals surface area contributed by atoms with Crippen LogP contribution in [-0.4, -0.2) is 54.8 Å². The van der Waals surface area contributed by atoms with Gasteiger partial charge in [-0.05, 0) is 66.7 Å². The van der Waals surface area contributed by atoms with Crippen molar-refractivity contribution in [3.63, 3.8) is 0 Å². The summed E-state index contributed by atoms with van der Waals surface area (Å²) in [5, 5.41) is 0. The smallest absolute Gasteiger partial charge is 0.371 e. The Morgan fingerprint density at radius 3 is 1.20 bits per heavy atom. The monoisotopic (exact) mass is 464 g/mol. The average Bonchev–Trinajstić information content (AvgIpc) is 2.72. The van der Waals surface area contributed by atoms with Gasteiger partial charge in [0.15, 0.2) is 0 Å². The third-order valence-electron chi connectivity index (χ3n) is 5.71. The summed E-state index contributed by atoms with van der Waals surface area (Å²) in [7, 11) is -3.42. The van der Waals surface area contributed by atoms with E-state index in [0.29, 0.717) is 0 Å². The van der Waals surface area contributed by atoms with Crippen LogP contribution in [0.4, 0.5) is 0 Å². The van der Waals surface area contributed by atoms with E-state index in [-0.39, 0.29) is 36.4 Å². The second kappa shape index (κ2) is 16.8. The fraction of sp³-hybridized carbons (Fsp3) is 1.00. The van der Waals surface area contributed by atoms with Crippen molar-refractivity contribution in [1.82, 2.24) is 0 Å². The summed E-state index contributed by atoms with van der Waals surface area (Å²) in [5.74, 6) is -0.0580. The van der Waals surface area contributed by atoms with Crippen LogP contribution in [-0.2, 0) is 22.8 Å². The molecule has 0 amide bonds. The number of hydrogen-bond acceptors (Lipinski definition) is 5. The van der Waals surface area contributed by atoms with Crippen molar-refractivity contribution < 1.29 is 22.8 Å². The third kappa shape index (κ3) is 12.9. The molecule has 0 aliphatic carbocycles. The second-order valence-corrected chi connectivity index (χ2v) is 13.2. The van der Waals surface area contributed by atoms with Crippen molar-refractivity contribution in [1.29, 1.82) is 0 Å². The predicted octanol–water partition coefficient (Wildman–Crippen LogP) is 5.87. The van der Waals surface area contributed by atoms with Crippen LogP contribution in [0.3, 0.4) is 0 Å². The molecule has 0 saturated heterocycles. The summed E-state index contributed by atoms with van der Waals surface area (Å²) >= 11 is 0. The maximum Gasteiger partial charge on any atom is 0.501 e. The first-order valence-electron chi connectivity index (χ1n) is 12.5. The Labute approximate surface area is 191 Å². The molecule has 5 atom stereocenters. The molecule has 7 heteroatoms. The average molecular weight is 465 g/mol. The third-order valence-corrected chi connectivity index (χ3v) is 11.3. The summed E-state index contributed by atoms with van der Waals surface area (Å²) in [4.78, 5) is 0. The number of hydrogen-bond donors (Lipinski definition) is 0. The lowest BCUT2D eigenvalue weighted by molar-refractivity contribution is -0.143. The Kier molecular flexibility index (Phi) is 16.9. The summed E-state index contributed by atoms with van der Waals surface area (Å²) in [6.45, 7) is 21.4. The fourth-order valence-corrected chi connectivity index (χ4v) is 9.46. The van der Waals surface area contributed by atoms with Crippen molar-refractivity contribution in [3.8, 4) is 0 Å². The molecule has 0 saturated carbocycles. The molecule has 0 rings (SSSR count). The van der Waals surface area contributed by atoms with Crippen LogP contribution in [0.25, 0.3) is 0 Å². The Hall–Kier alpha value is 0.234. The van der Waals surface area contributed by atoms with E-state index in [1.54, 1.807) is 0 Å². The quantitative estimate of drug-likeness (QED) is 0.177. The Morgan fingerprint density at radius 2 is 0.900 bits per heavy atom. The molecule has 0 aromatic carbocycles. The van der Waals surface area contributed by atoms with Gasteiger partial charge in [0.25, 0.3) is 0 Å². The standard InChI is InChI=1S/C23H52O5Si2/c1-11-18(6)24-23(25-19(7)12-2)29-16-17-30(26-20(8)13-3,27-21(9)14-4)28-22(10)15-5/h18-23H,11-17,29H2,1-10H3. The van der Waals surface area contributed by atoms with Crippen molar-refractivity contribution in [2.24, 2.45) is 0 Å². The van der Waals surface area contributed by atoms with Crippen LogP contribution in [0.15, 0.2) is 0 Å². The zero-order valence-electron chi connectivity index (χ0n) is 21.7. The van der Waals surface area contributed by atoms with Crippen molar-refractivity contribution in [2.75, 3.05) is 0 Å². The molecule has 0 aliphatic rings. The van der Waals surface area contributed by atoms with E-state index in [2.05, 4.69) is 69.2 Å². The molecule has 0 radical (unpaired) electrons. The second-order valence-electron chi connectivity index (χ2n) is 8.72. The molecule has 0 heterocycles. The zero-order chi connectivity index (χ0) is 23.2. The van der Waals surface area contributed by atoms with E-state index in [9.17, 15) is 0 Å². The molecular weight excluding hydrogens is 412 g/mol. The van der Waals surface area contributed by atoms with Crippen molar-refractivity contribution >= 4 is 18.3 Å². The highest BCUT2D eigenvalue weighted by molar-refractivity contribution is 6.62. The minimum atomic E-state index is -2.79. The van der Waals surface area contributed by atoms with Gasteiger partial charge >= 0.3 is 8.80 Å². The van der Waals surface area contributed by atoms with E-state index >= 15 is 0 Å². The Balaban J connectivity index is 5.34. The zero-order valence-corrected chi connectivity index (χ0v) is 24.1. The van der Waals surface area contributed by atoms with Gasteiger partial charge in [0.1, 0.15) is 5.91 Å². The molecule has 0 fully saturated rings. The van der Waals surface area contributed by atoms with E-state index < -0.39 is 18.3 Å². The first-order valence-corrected chi connectivity index (χ1v) is 16.2. The van der Waals surface area contributed by atoms with Crippen molar-refractivity contribution in [2.45, 2.75) is 150 Å². The minimum absolute atomic E-state index is 0.0580. The van der Waals surface area contributed by atoms with E-state index in [1.807, 2.05) is 0 Å². The molecule has 30 heavy (non-hydrogen) atoms. The molecule has 0 bridgehead atoms. The van der Waals surface area contributed by atoms with Gasteiger partial charge in [-0.25, -0.2) is 0 Å². The molecular formula is C23H52O5Si2. The van der Waals surface area contributed by atoms with Gasteiger partial charge < -0.3 is 22.8 Å². The molecule has 182 valence electrons. The lowest BCUT2D eigenvalue weighted by Gasteiger charge is -2.36. The van der Waals surface area contributed by atoms with Crippen LogP contribution in [0.5, 0.6) is 0 Å². The highest BCUT2D eigenvalue weighted by atomic mass is 28.4. The van der Waals surface area contributed by atoms with Crippen LogP contribution >= 0.6 is 0 Å². The largest absolute Gasteiger partial charge is 0.501 e. The maximum absolute atomic E-state index is 6.55. The van der Waals surface area contributed by atoms with Crippen LogP contribution < -0.4 is 0 Å². The molecule has 5 nitrogen and oxygen atoms in total. The summed E-state index contributed by atoms with van der Waals surface area (Å²) in [6, 6.07) is 1.88. The normalized spacial score (nSPS) is 20.6. The lowest BCUT2D eigenvalue weighted by atomic mass is 10.3. The van der Waals surface area contributed by atoms with E-state index in [1.165, 1.54) is 0 Å². The van der Waals surface area contributed by atoms with Crippen LogP contribution in [0.2, 0.25) is 12.1 Å². The predicted molar refractivity (Wildman–Crippen MR) is 132 cm³/mol. The first-order chi connectivity index (χ1) is 14.1. The van der Waals surface area contributed by atoms with Gasteiger partial charge in [-0.1, -0.05) is 40.7 Å². The highest BCUT2D eigenvalue weighted by Gasteiger charge is 2.44. The van der Waals surface area contributed by atoms with Gasteiger partial charge in [-0.15, -0.1) is 0 Å². The fourth-order valence-electron chi connectivity index (χ4n) is 2.79. The minimum Gasteiger partial charge on any atom is -0.371 e. The molecule has 0 N–H and O–H groups in total. The number of rotatable bonds is 19. The van der Waals surface area contributed by atoms with Crippen molar-refractivity contribution in [3.05, 3.63) is 0 Å². The van der Waals surface area contributed by atoms with Gasteiger partial charge in [0.2, 0.25) is 0 Å². The molecule has 5 unspecified atom stereocenters. The van der Waals surface area contributed by atoms with Crippen LogP contribution in [0, 0.1) is 0 Å². The molecule has 0 aromatic heterocycles. The van der Waals surface area contributed by atoms with Gasteiger partial charge in [0, 0.05) is 24.4 Å². The van der Waals surface area contributed by atoms with E-state index in [0.717, 1.165) is 44.2 Å². The molecule has 0 aromatic rings. The first kappa shape index (κ1) is 30.2. The number of ether oxygens (including phenoxy) is 2.